The lowest BCUT2D eigenvalue weighted by Gasteiger charge is -2.18. The smallest absolute Gasteiger partial charge is 0.0979 e. The minimum Gasteiger partial charge on any atom is -0.260 e. The van der Waals surface area contributed by atoms with Crippen LogP contribution in [0.1, 0.15) is 55.5 Å². The van der Waals surface area contributed by atoms with Gasteiger partial charge in [-0.2, -0.15) is 10.2 Å². The summed E-state index contributed by atoms with van der Waals surface area (Å²) in [5, 5.41) is 8.48. The van der Waals surface area contributed by atoms with Gasteiger partial charge < -0.3 is 0 Å². The summed E-state index contributed by atoms with van der Waals surface area (Å²) in [5.74, 6) is 0.492. The molecular formula is C17H21N3. The van der Waals surface area contributed by atoms with Crippen LogP contribution in [-0.2, 0) is 19.3 Å². The fraction of sp³-hybridized carbons (Fsp3) is 0.471. The highest BCUT2D eigenvalue weighted by molar-refractivity contribution is 5.68. The minimum atomic E-state index is 0.492. The van der Waals surface area contributed by atoms with Gasteiger partial charge in [0.2, 0.25) is 0 Å². The highest BCUT2D eigenvalue weighted by Crippen LogP contribution is 2.36. The van der Waals surface area contributed by atoms with E-state index >= 15 is 0 Å². The van der Waals surface area contributed by atoms with E-state index in [2.05, 4.69) is 42.0 Å². The van der Waals surface area contributed by atoms with Gasteiger partial charge in [0.15, 0.2) is 0 Å². The molecule has 104 valence electrons. The molecule has 3 heteroatoms. The van der Waals surface area contributed by atoms with Crippen LogP contribution in [0, 0.1) is 0 Å². The number of rotatable bonds is 3. The Balaban J connectivity index is 2.24. The Bertz CT molecular complexity index is 632. The van der Waals surface area contributed by atoms with E-state index in [-0.39, 0.29) is 0 Å². The molecule has 1 aliphatic rings. The Morgan fingerprint density at radius 3 is 2.85 bits per heavy atom. The summed E-state index contributed by atoms with van der Waals surface area (Å²) in [6, 6.07) is 2.07. The number of hydrogen-bond donors (Lipinski definition) is 0. The fourth-order valence-electron chi connectivity index (χ4n) is 3.25. The number of pyridine rings is 1. The fourth-order valence-corrected chi connectivity index (χ4v) is 3.25. The van der Waals surface area contributed by atoms with Crippen LogP contribution in [0.2, 0.25) is 0 Å². The Hall–Kier alpha value is -1.77. The van der Waals surface area contributed by atoms with Crippen LogP contribution in [0.3, 0.4) is 0 Å². The molecule has 3 rings (SSSR count). The van der Waals surface area contributed by atoms with Crippen molar-refractivity contribution >= 4 is 0 Å². The Labute approximate surface area is 120 Å². The first-order valence-electron chi connectivity index (χ1n) is 7.54. The summed E-state index contributed by atoms with van der Waals surface area (Å²) >= 11 is 0. The molecule has 0 radical (unpaired) electrons. The molecule has 2 heterocycles. The van der Waals surface area contributed by atoms with Crippen LogP contribution in [-0.4, -0.2) is 15.2 Å². The van der Waals surface area contributed by atoms with Crippen molar-refractivity contribution in [3.8, 4) is 11.3 Å². The zero-order valence-electron chi connectivity index (χ0n) is 12.5. The zero-order chi connectivity index (χ0) is 14.1. The molecule has 2 aromatic heterocycles. The summed E-state index contributed by atoms with van der Waals surface area (Å²) in [6.45, 7) is 6.69. The monoisotopic (exact) mass is 267 g/mol. The van der Waals surface area contributed by atoms with E-state index in [0.29, 0.717) is 5.92 Å². The Morgan fingerprint density at radius 1 is 1.25 bits per heavy atom. The first-order valence-corrected chi connectivity index (χ1v) is 7.54. The molecule has 0 fully saturated rings. The molecule has 0 spiro atoms. The van der Waals surface area contributed by atoms with Crippen molar-refractivity contribution in [1.29, 1.82) is 0 Å². The van der Waals surface area contributed by atoms with E-state index < -0.39 is 0 Å². The molecule has 20 heavy (non-hydrogen) atoms. The molecule has 0 N–H and O–H groups in total. The molecule has 0 aromatic carbocycles. The first-order chi connectivity index (χ1) is 9.72. The molecule has 0 saturated heterocycles. The number of nitrogens with zero attached hydrogens (tertiary/aromatic N) is 3. The molecule has 2 aromatic rings. The zero-order valence-corrected chi connectivity index (χ0v) is 12.5. The van der Waals surface area contributed by atoms with Gasteiger partial charge in [-0.3, -0.25) is 4.98 Å². The van der Waals surface area contributed by atoms with Gasteiger partial charge in [-0.1, -0.05) is 20.8 Å². The van der Waals surface area contributed by atoms with Crippen molar-refractivity contribution in [1.82, 2.24) is 15.2 Å². The third-order valence-electron chi connectivity index (χ3n) is 4.17. The maximum Gasteiger partial charge on any atom is 0.0979 e. The van der Waals surface area contributed by atoms with Crippen LogP contribution in [0.15, 0.2) is 18.5 Å². The average molecular weight is 267 g/mol. The van der Waals surface area contributed by atoms with Crippen molar-refractivity contribution in [3.05, 3.63) is 40.8 Å². The van der Waals surface area contributed by atoms with Crippen molar-refractivity contribution < 1.29 is 0 Å². The van der Waals surface area contributed by atoms with E-state index in [1.54, 1.807) is 6.20 Å². The number of hydrogen-bond acceptors (Lipinski definition) is 3. The van der Waals surface area contributed by atoms with Gasteiger partial charge in [-0.15, -0.1) is 0 Å². The van der Waals surface area contributed by atoms with Gasteiger partial charge in [0.25, 0.3) is 0 Å². The van der Waals surface area contributed by atoms with Gasteiger partial charge in [-0.05, 0) is 54.4 Å². The Morgan fingerprint density at radius 2 is 2.10 bits per heavy atom. The molecular weight excluding hydrogens is 246 g/mol. The van der Waals surface area contributed by atoms with E-state index in [1.807, 2.05) is 6.20 Å². The molecule has 0 unspecified atom stereocenters. The minimum absolute atomic E-state index is 0.492. The predicted octanol–water partition coefficient (Wildman–Crippen LogP) is 3.71. The third kappa shape index (κ3) is 2.11. The second kappa shape index (κ2) is 5.31. The summed E-state index contributed by atoms with van der Waals surface area (Å²) in [5.41, 5.74) is 7.64. The summed E-state index contributed by atoms with van der Waals surface area (Å²) in [7, 11) is 0. The largest absolute Gasteiger partial charge is 0.260 e. The van der Waals surface area contributed by atoms with Crippen molar-refractivity contribution in [2.45, 2.75) is 52.4 Å². The van der Waals surface area contributed by atoms with Crippen LogP contribution < -0.4 is 0 Å². The molecule has 0 saturated carbocycles. The molecule has 0 amide bonds. The van der Waals surface area contributed by atoms with Crippen LogP contribution >= 0.6 is 0 Å². The van der Waals surface area contributed by atoms with E-state index in [1.165, 1.54) is 34.4 Å². The molecule has 1 aliphatic carbocycles. The van der Waals surface area contributed by atoms with Gasteiger partial charge in [0.05, 0.1) is 5.69 Å². The van der Waals surface area contributed by atoms with Crippen LogP contribution in [0.4, 0.5) is 0 Å². The quantitative estimate of drug-likeness (QED) is 0.851. The highest BCUT2D eigenvalue weighted by atomic mass is 15.1. The highest BCUT2D eigenvalue weighted by Gasteiger charge is 2.23. The van der Waals surface area contributed by atoms with Crippen molar-refractivity contribution in [2.24, 2.45) is 0 Å². The summed E-state index contributed by atoms with van der Waals surface area (Å²) in [4.78, 5) is 4.69. The van der Waals surface area contributed by atoms with E-state index in [9.17, 15) is 0 Å². The lowest BCUT2D eigenvalue weighted by atomic mass is 9.90. The van der Waals surface area contributed by atoms with Gasteiger partial charge in [0.1, 0.15) is 0 Å². The normalized spacial score (nSPS) is 13.8. The maximum atomic E-state index is 4.69. The van der Waals surface area contributed by atoms with Crippen molar-refractivity contribution in [2.75, 3.05) is 0 Å². The average Bonchev–Trinajstić information content (AvgIpc) is 2.94. The molecule has 0 atom stereocenters. The number of aromatic nitrogens is 3. The summed E-state index contributed by atoms with van der Waals surface area (Å²) in [6.07, 6.45) is 8.27. The number of aryl methyl sites for hydroxylation is 2. The van der Waals surface area contributed by atoms with E-state index in [4.69, 9.17) is 0 Å². The van der Waals surface area contributed by atoms with E-state index in [0.717, 1.165) is 25.0 Å². The lowest BCUT2D eigenvalue weighted by molar-refractivity contribution is 0.836. The van der Waals surface area contributed by atoms with Gasteiger partial charge in [0, 0.05) is 23.7 Å². The second-order valence-corrected chi connectivity index (χ2v) is 5.78. The second-order valence-electron chi connectivity index (χ2n) is 5.78. The van der Waals surface area contributed by atoms with Gasteiger partial charge >= 0.3 is 0 Å². The van der Waals surface area contributed by atoms with Crippen LogP contribution in [0.5, 0.6) is 0 Å². The third-order valence-corrected chi connectivity index (χ3v) is 4.17. The topological polar surface area (TPSA) is 38.7 Å². The van der Waals surface area contributed by atoms with Crippen molar-refractivity contribution in [3.63, 3.8) is 0 Å². The van der Waals surface area contributed by atoms with Crippen LogP contribution in [0.25, 0.3) is 11.3 Å². The number of fused-ring (bicyclic) bond motifs is 1. The molecule has 0 bridgehead atoms. The molecule has 3 nitrogen and oxygen atoms in total. The first kappa shape index (κ1) is 13.2. The van der Waals surface area contributed by atoms with Gasteiger partial charge in [-0.25, -0.2) is 0 Å². The lowest BCUT2D eigenvalue weighted by Crippen LogP contribution is -2.04. The maximum absolute atomic E-state index is 4.69. The predicted molar refractivity (Wildman–Crippen MR) is 80.8 cm³/mol. The standard InChI is InChI=1S/C17H21N3/c1-4-12-8-9-19-20-17(12)14-10-18-15-7-5-6-13(15)16(14)11(2)3/h8-11H,4-7H2,1-3H3. The SMILES string of the molecule is CCc1ccnnc1-c1cnc2c(c1C(C)C)CCC2. The summed E-state index contributed by atoms with van der Waals surface area (Å²) < 4.78 is 0. The molecule has 0 aliphatic heterocycles. The Kier molecular flexibility index (Phi) is 3.51.